The van der Waals surface area contributed by atoms with Crippen LogP contribution in [0.25, 0.3) is 0 Å². The quantitative estimate of drug-likeness (QED) is 0.830. The minimum absolute atomic E-state index is 0. The molecular weight excluding hydrogens is 296 g/mol. The maximum Gasteiger partial charge on any atom is 0.226 e. The number of rotatable bonds is 7. The molecule has 22 heavy (non-hydrogen) atoms. The van der Waals surface area contributed by atoms with Gasteiger partial charge in [0, 0.05) is 12.5 Å². The second kappa shape index (κ2) is 9.16. The van der Waals surface area contributed by atoms with Crippen LogP contribution in [0.2, 0.25) is 0 Å². The van der Waals surface area contributed by atoms with Gasteiger partial charge in [-0.05, 0) is 37.4 Å². The number of carbonyl (C=O) groups excluding carboxylic acids is 1. The number of amides is 1. The summed E-state index contributed by atoms with van der Waals surface area (Å²) in [6, 6.07) is 10.6. The molecule has 1 N–H and O–H groups in total. The monoisotopic (exact) mass is 324 g/mol. The van der Waals surface area contributed by atoms with Gasteiger partial charge in [-0.25, -0.2) is 0 Å². The normalized spacial score (nSPS) is 17.0. The Morgan fingerprint density at radius 2 is 1.91 bits per heavy atom. The van der Waals surface area contributed by atoms with Gasteiger partial charge in [-0.15, -0.1) is 12.4 Å². The molecule has 124 valence electrons. The summed E-state index contributed by atoms with van der Waals surface area (Å²) >= 11 is 0. The highest BCUT2D eigenvalue weighted by Crippen LogP contribution is 2.28. The standard InChI is InChI=1S/C18H28N2O.ClH/c1-4-11-20(18(21)14(3)16-12-19-13-16)17(5-2)15-9-7-6-8-10-15;/h6-10,14,16-17,19H,4-5,11-13H2,1-3H3;1H. The number of benzene rings is 1. The van der Waals surface area contributed by atoms with Gasteiger partial charge in [0.05, 0.1) is 6.04 Å². The Kier molecular flexibility index (Phi) is 7.91. The SMILES string of the molecule is CCCN(C(=O)C(C)C1CNC1)C(CC)c1ccccc1.Cl. The van der Waals surface area contributed by atoms with Crippen LogP contribution in [0.1, 0.15) is 45.2 Å². The highest BCUT2D eigenvalue weighted by atomic mass is 35.5. The molecule has 0 radical (unpaired) electrons. The molecule has 2 rings (SSSR count). The molecule has 3 nitrogen and oxygen atoms in total. The number of hydrogen-bond donors (Lipinski definition) is 1. The molecule has 1 fully saturated rings. The topological polar surface area (TPSA) is 32.3 Å². The zero-order valence-corrected chi connectivity index (χ0v) is 14.7. The molecule has 0 aromatic heterocycles. The zero-order chi connectivity index (χ0) is 15.2. The van der Waals surface area contributed by atoms with Gasteiger partial charge < -0.3 is 10.2 Å². The fraction of sp³-hybridized carbons (Fsp3) is 0.611. The summed E-state index contributed by atoms with van der Waals surface area (Å²) in [6.07, 6.45) is 1.97. The number of hydrogen-bond acceptors (Lipinski definition) is 2. The summed E-state index contributed by atoms with van der Waals surface area (Å²) in [5, 5.41) is 3.27. The highest BCUT2D eigenvalue weighted by Gasteiger charge is 2.33. The van der Waals surface area contributed by atoms with Crippen molar-refractivity contribution in [3.05, 3.63) is 35.9 Å². The molecule has 1 amide bonds. The van der Waals surface area contributed by atoms with Crippen molar-refractivity contribution in [1.29, 1.82) is 0 Å². The maximum atomic E-state index is 12.9. The lowest BCUT2D eigenvalue weighted by molar-refractivity contribution is -0.140. The molecule has 0 bridgehead atoms. The molecule has 2 atom stereocenters. The first-order valence-corrected chi connectivity index (χ1v) is 8.25. The van der Waals surface area contributed by atoms with Crippen LogP contribution in [0.4, 0.5) is 0 Å². The number of nitrogens with one attached hydrogen (secondary N) is 1. The van der Waals surface area contributed by atoms with E-state index in [0.717, 1.165) is 32.5 Å². The van der Waals surface area contributed by atoms with Crippen LogP contribution >= 0.6 is 12.4 Å². The average Bonchev–Trinajstić information content (AvgIpc) is 2.45. The third-order valence-electron chi connectivity index (χ3n) is 4.60. The predicted octanol–water partition coefficient (Wildman–Crippen LogP) is 3.65. The fourth-order valence-corrected chi connectivity index (χ4v) is 3.10. The summed E-state index contributed by atoms with van der Waals surface area (Å²) in [4.78, 5) is 15.0. The van der Waals surface area contributed by atoms with Crippen molar-refractivity contribution >= 4 is 18.3 Å². The van der Waals surface area contributed by atoms with Crippen molar-refractivity contribution in [2.45, 2.75) is 39.7 Å². The summed E-state index contributed by atoms with van der Waals surface area (Å²) in [6.45, 7) is 9.21. The molecule has 1 aliphatic heterocycles. The molecule has 0 spiro atoms. The maximum absolute atomic E-state index is 12.9. The molecule has 4 heteroatoms. The van der Waals surface area contributed by atoms with Crippen molar-refractivity contribution in [3.8, 4) is 0 Å². The van der Waals surface area contributed by atoms with Crippen LogP contribution in [0, 0.1) is 11.8 Å². The van der Waals surface area contributed by atoms with Crippen molar-refractivity contribution < 1.29 is 4.79 Å². The van der Waals surface area contributed by atoms with E-state index in [0.29, 0.717) is 11.8 Å². The van der Waals surface area contributed by atoms with E-state index in [2.05, 4.69) is 55.3 Å². The fourth-order valence-electron chi connectivity index (χ4n) is 3.10. The second-order valence-corrected chi connectivity index (χ2v) is 6.07. The van der Waals surface area contributed by atoms with Crippen LogP contribution < -0.4 is 5.32 Å². The van der Waals surface area contributed by atoms with Crippen molar-refractivity contribution in [2.24, 2.45) is 11.8 Å². The van der Waals surface area contributed by atoms with Gasteiger partial charge in [-0.2, -0.15) is 0 Å². The van der Waals surface area contributed by atoms with E-state index in [-0.39, 0.29) is 24.4 Å². The first-order valence-electron chi connectivity index (χ1n) is 8.25. The van der Waals surface area contributed by atoms with E-state index in [1.54, 1.807) is 0 Å². The summed E-state index contributed by atoms with van der Waals surface area (Å²) in [5.41, 5.74) is 1.25. The molecule has 0 saturated carbocycles. The van der Waals surface area contributed by atoms with E-state index in [1.165, 1.54) is 5.56 Å². The van der Waals surface area contributed by atoms with Gasteiger partial charge in [0.25, 0.3) is 0 Å². The van der Waals surface area contributed by atoms with E-state index in [4.69, 9.17) is 0 Å². The van der Waals surface area contributed by atoms with Gasteiger partial charge in [-0.1, -0.05) is 51.1 Å². The Morgan fingerprint density at radius 3 is 2.36 bits per heavy atom. The minimum atomic E-state index is 0. The first-order chi connectivity index (χ1) is 10.2. The Balaban J connectivity index is 0.00000242. The molecule has 1 aromatic carbocycles. The Morgan fingerprint density at radius 1 is 1.27 bits per heavy atom. The molecular formula is C18H29ClN2O. The lowest BCUT2D eigenvalue weighted by Gasteiger charge is -2.38. The summed E-state index contributed by atoms with van der Waals surface area (Å²) in [5.74, 6) is 0.944. The molecule has 1 aromatic rings. The third-order valence-corrected chi connectivity index (χ3v) is 4.60. The Labute approximate surface area is 140 Å². The van der Waals surface area contributed by atoms with E-state index >= 15 is 0 Å². The lowest BCUT2D eigenvalue weighted by Crippen LogP contribution is -2.51. The molecule has 1 aliphatic rings. The van der Waals surface area contributed by atoms with Crippen LogP contribution in [-0.4, -0.2) is 30.4 Å². The van der Waals surface area contributed by atoms with Crippen LogP contribution in [-0.2, 0) is 4.79 Å². The smallest absolute Gasteiger partial charge is 0.226 e. The number of halogens is 1. The van der Waals surface area contributed by atoms with Crippen molar-refractivity contribution in [2.75, 3.05) is 19.6 Å². The highest BCUT2D eigenvalue weighted by molar-refractivity contribution is 5.85. The average molecular weight is 325 g/mol. The van der Waals surface area contributed by atoms with Crippen LogP contribution in [0.3, 0.4) is 0 Å². The molecule has 0 aliphatic carbocycles. The summed E-state index contributed by atoms with van der Waals surface area (Å²) < 4.78 is 0. The van der Waals surface area contributed by atoms with Crippen LogP contribution in [0.15, 0.2) is 30.3 Å². The molecule has 2 unspecified atom stereocenters. The van der Waals surface area contributed by atoms with E-state index < -0.39 is 0 Å². The molecule has 1 heterocycles. The minimum Gasteiger partial charge on any atom is -0.335 e. The van der Waals surface area contributed by atoms with Gasteiger partial charge >= 0.3 is 0 Å². The van der Waals surface area contributed by atoms with E-state index in [9.17, 15) is 4.79 Å². The Bertz CT molecular complexity index is 448. The van der Waals surface area contributed by atoms with Gasteiger partial charge in [0.1, 0.15) is 0 Å². The van der Waals surface area contributed by atoms with Crippen molar-refractivity contribution in [3.63, 3.8) is 0 Å². The zero-order valence-electron chi connectivity index (χ0n) is 13.9. The predicted molar refractivity (Wildman–Crippen MR) is 94.2 cm³/mol. The van der Waals surface area contributed by atoms with Gasteiger partial charge in [0.2, 0.25) is 5.91 Å². The third kappa shape index (κ3) is 4.23. The Hall–Kier alpha value is -1.06. The van der Waals surface area contributed by atoms with E-state index in [1.807, 2.05) is 6.07 Å². The molecule has 1 saturated heterocycles. The number of carbonyl (C=O) groups is 1. The van der Waals surface area contributed by atoms with Gasteiger partial charge in [-0.3, -0.25) is 4.79 Å². The van der Waals surface area contributed by atoms with Crippen LogP contribution in [0.5, 0.6) is 0 Å². The second-order valence-electron chi connectivity index (χ2n) is 6.07. The largest absolute Gasteiger partial charge is 0.335 e. The van der Waals surface area contributed by atoms with Gasteiger partial charge in [0.15, 0.2) is 0 Å². The summed E-state index contributed by atoms with van der Waals surface area (Å²) in [7, 11) is 0. The van der Waals surface area contributed by atoms with Crippen molar-refractivity contribution in [1.82, 2.24) is 10.2 Å². The number of nitrogens with zero attached hydrogens (tertiary/aromatic N) is 1. The lowest BCUT2D eigenvalue weighted by atomic mass is 9.87. The first kappa shape index (κ1) is 19.0.